The van der Waals surface area contributed by atoms with Gasteiger partial charge in [-0.25, -0.2) is 0 Å². The van der Waals surface area contributed by atoms with Crippen LogP contribution in [0.1, 0.15) is 51.9 Å². The van der Waals surface area contributed by atoms with Gasteiger partial charge in [0.15, 0.2) is 0 Å². The van der Waals surface area contributed by atoms with E-state index in [2.05, 4.69) is 13.5 Å². The van der Waals surface area contributed by atoms with Crippen LogP contribution in [0.15, 0.2) is 12.7 Å². The smallest absolute Gasteiger partial charge is 0.0571 e. The van der Waals surface area contributed by atoms with Crippen molar-refractivity contribution in [3.63, 3.8) is 0 Å². The fraction of sp³-hybridized carbons (Fsp3) is 0.857. The molecule has 0 heterocycles. The average molecular weight is 225 g/mol. The second kappa shape index (κ2) is 7.08. The van der Waals surface area contributed by atoms with E-state index in [-0.39, 0.29) is 6.10 Å². The van der Waals surface area contributed by atoms with Crippen molar-refractivity contribution in [3.8, 4) is 0 Å². The number of aliphatic hydroxyl groups is 1. The zero-order chi connectivity index (χ0) is 12.0. The van der Waals surface area contributed by atoms with Gasteiger partial charge in [-0.2, -0.15) is 0 Å². The summed E-state index contributed by atoms with van der Waals surface area (Å²) in [6.07, 6.45) is 9.91. The van der Waals surface area contributed by atoms with E-state index in [1.807, 2.05) is 6.08 Å². The molecule has 16 heavy (non-hydrogen) atoms. The molecule has 2 aliphatic rings. The van der Waals surface area contributed by atoms with Crippen LogP contribution in [-0.4, -0.2) is 17.3 Å². The number of nitrogens with two attached hydrogens (primary N) is 1. The highest BCUT2D eigenvalue weighted by Crippen LogP contribution is 2.39. The number of hydrogen-bond donors (Lipinski definition) is 2. The van der Waals surface area contributed by atoms with Crippen LogP contribution in [0.3, 0.4) is 0 Å². The lowest BCUT2D eigenvalue weighted by atomic mass is 9.68. The predicted molar refractivity (Wildman–Crippen MR) is 69.2 cm³/mol. The summed E-state index contributed by atoms with van der Waals surface area (Å²) < 4.78 is 0. The minimum absolute atomic E-state index is 0.0174. The highest BCUT2D eigenvalue weighted by Gasteiger charge is 2.35. The fourth-order valence-corrected chi connectivity index (χ4v) is 2.97. The van der Waals surface area contributed by atoms with Gasteiger partial charge in [0.05, 0.1) is 6.10 Å². The Morgan fingerprint density at radius 2 is 2.00 bits per heavy atom. The van der Waals surface area contributed by atoms with Gasteiger partial charge in [0.1, 0.15) is 0 Å². The fourth-order valence-electron chi connectivity index (χ4n) is 2.97. The SMILES string of the molecule is C=CCC.NC1CCC2C(O)CCCC2C1. The zero-order valence-corrected chi connectivity index (χ0v) is 10.6. The number of fused-ring (bicyclic) bond motifs is 1. The van der Waals surface area contributed by atoms with Gasteiger partial charge in [0, 0.05) is 6.04 Å². The summed E-state index contributed by atoms with van der Waals surface area (Å²) in [7, 11) is 0. The molecule has 0 spiro atoms. The Labute approximate surface area is 99.9 Å². The van der Waals surface area contributed by atoms with Crippen molar-refractivity contribution in [3.05, 3.63) is 12.7 Å². The molecule has 0 radical (unpaired) electrons. The quantitative estimate of drug-likeness (QED) is 0.674. The van der Waals surface area contributed by atoms with Gasteiger partial charge in [-0.3, -0.25) is 0 Å². The maximum Gasteiger partial charge on any atom is 0.0571 e. The van der Waals surface area contributed by atoms with Crippen molar-refractivity contribution in [2.75, 3.05) is 0 Å². The molecule has 3 N–H and O–H groups in total. The van der Waals surface area contributed by atoms with Crippen LogP contribution in [0.5, 0.6) is 0 Å². The Bertz CT molecular complexity index is 205. The first-order chi connectivity index (χ1) is 7.69. The van der Waals surface area contributed by atoms with Crippen LogP contribution in [0, 0.1) is 11.8 Å². The molecule has 2 fully saturated rings. The van der Waals surface area contributed by atoms with Crippen LogP contribution >= 0.6 is 0 Å². The molecule has 94 valence electrons. The minimum Gasteiger partial charge on any atom is -0.393 e. The van der Waals surface area contributed by atoms with Crippen LogP contribution < -0.4 is 5.73 Å². The summed E-state index contributed by atoms with van der Waals surface area (Å²) in [5, 5.41) is 9.75. The van der Waals surface area contributed by atoms with Gasteiger partial charge in [-0.05, 0) is 50.4 Å². The Morgan fingerprint density at radius 1 is 1.31 bits per heavy atom. The van der Waals surface area contributed by atoms with Crippen LogP contribution in [0.2, 0.25) is 0 Å². The number of hydrogen-bond acceptors (Lipinski definition) is 2. The first-order valence-electron chi connectivity index (χ1n) is 6.73. The second-order valence-electron chi connectivity index (χ2n) is 5.19. The number of aliphatic hydroxyl groups excluding tert-OH is 1. The van der Waals surface area contributed by atoms with Crippen LogP contribution in [0.25, 0.3) is 0 Å². The van der Waals surface area contributed by atoms with Gasteiger partial charge in [0.25, 0.3) is 0 Å². The maximum absolute atomic E-state index is 9.75. The van der Waals surface area contributed by atoms with Gasteiger partial charge >= 0.3 is 0 Å². The lowest BCUT2D eigenvalue weighted by Gasteiger charge is -2.41. The van der Waals surface area contributed by atoms with E-state index in [0.29, 0.717) is 12.0 Å². The number of rotatable bonds is 1. The van der Waals surface area contributed by atoms with E-state index in [1.165, 1.54) is 12.8 Å². The summed E-state index contributed by atoms with van der Waals surface area (Å²) in [6.45, 7) is 5.54. The molecule has 2 aliphatic carbocycles. The van der Waals surface area contributed by atoms with Gasteiger partial charge < -0.3 is 10.8 Å². The molecule has 2 saturated carbocycles. The van der Waals surface area contributed by atoms with Crippen LogP contribution in [-0.2, 0) is 0 Å². The molecule has 2 rings (SSSR count). The molecule has 4 unspecified atom stereocenters. The second-order valence-corrected chi connectivity index (χ2v) is 5.19. The molecule has 0 aromatic carbocycles. The monoisotopic (exact) mass is 225 g/mol. The number of allylic oxidation sites excluding steroid dienone is 1. The van der Waals surface area contributed by atoms with E-state index in [0.717, 1.165) is 38.0 Å². The van der Waals surface area contributed by atoms with E-state index in [9.17, 15) is 5.11 Å². The zero-order valence-electron chi connectivity index (χ0n) is 10.6. The van der Waals surface area contributed by atoms with Crippen molar-refractivity contribution in [1.29, 1.82) is 0 Å². The van der Waals surface area contributed by atoms with Crippen molar-refractivity contribution < 1.29 is 5.11 Å². The van der Waals surface area contributed by atoms with E-state index < -0.39 is 0 Å². The molecule has 0 aromatic heterocycles. The molecular formula is C14H27NO. The topological polar surface area (TPSA) is 46.2 Å². The molecule has 0 aliphatic heterocycles. The molecule has 0 saturated heterocycles. The molecular weight excluding hydrogens is 198 g/mol. The van der Waals surface area contributed by atoms with Crippen molar-refractivity contribution in [2.45, 2.75) is 64.0 Å². The van der Waals surface area contributed by atoms with Crippen molar-refractivity contribution >= 4 is 0 Å². The van der Waals surface area contributed by atoms with Gasteiger partial charge in [-0.1, -0.05) is 19.4 Å². The molecule has 0 amide bonds. The first-order valence-corrected chi connectivity index (χ1v) is 6.73. The Morgan fingerprint density at radius 3 is 2.62 bits per heavy atom. The molecule has 0 bridgehead atoms. The Kier molecular flexibility index (Phi) is 6.07. The molecule has 2 nitrogen and oxygen atoms in total. The largest absolute Gasteiger partial charge is 0.393 e. The standard InChI is InChI=1S/C10H19NO.C4H8/c11-8-4-5-9-7(6-8)2-1-3-10(9)12;1-3-4-2/h7-10,12H,1-6,11H2;3H,1,4H2,2H3. The molecule has 0 aromatic rings. The molecule has 2 heteroatoms. The summed E-state index contributed by atoms with van der Waals surface area (Å²) in [6, 6.07) is 0.413. The Hall–Kier alpha value is -0.340. The highest BCUT2D eigenvalue weighted by atomic mass is 16.3. The van der Waals surface area contributed by atoms with E-state index in [4.69, 9.17) is 5.73 Å². The van der Waals surface area contributed by atoms with Crippen molar-refractivity contribution in [1.82, 2.24) is 0 Å². The third-order valence-electron chi connectivity index (χ3n) is 3.94. The normalized spacial score (nSPS) is 37.9. The van der Waals surface area contributed by atoms with Crippen molar-refractivity contribution in [2.24, 2.45) is 17.6 Å². The summed E-state index contributed by atoms with van der Waals surface area (Å²) in [5.41, 5.74) is 5.91. The first kappa shape index (κ1) is 13.7. The van der Waals surface area contributed by atoms with E-state index >= 15 is 0 Å². The maximum atomic E-state index is 9.75. The summed E-state index contributed by atoms with van der Waals surface area (Å²) in [4.78, 5) is 0. The average Bonchev–Trinajstić information content (AvgIpc) is 2.29. The highest BCUT2D eigenvalue weighted by molar-refractivity contribution is 4.88. The van der Waals surface area contributed by atoms with Crippen LogP contribution in [0.4, 0.5) is 0 Å². The predicted octanol–water partition coefficient (Wildman–Crippen LogP) is 2.86. The van der Waals surface area contributed by atoms with Gasteiger partial charge in [0.2, 0.25) is 0 Å². The molecule has 4 atom stereocenters. The summed E-state index contributed by atoms with van der Waals surface area (Å²) >= 11 is 0. The lowest BCUT2D eigenvalue weighted by molar-refractivity contribution is 0.00644. The lowest BCUT2D eigenvalue weighted by Crippen LogP contribution is -2.41. The third-order valence-corrected chi connectivity index (χ3v) is 3.94. The third kappa shape index (κ3) is 3.91. The van der Waals surface area contributed by atoms with Gasteiger partial charge in [-0.15, -0.1) is 6.58 Å². The minimum atomic E-state index is -0.0174. The Balaban J connectivity index is 0.000000280. The van der Waals surface area contributed by atoms with E-state index in [1.54, 1.807) is 0 Å². The summed E-state index contributed by atoms with van der Waals surface area (Å²) in [5.74, 6) is 1.32.